The molecule has 1 heterocycles. The van der Waals surface area contributed by atoms with E-state index in [2.05, 4.69) is 209 Å². The van der Waals surface area contributed by atoms with E-state index in [9.17, 15) is 0 Å². The Morgan fingerprint density at radius 2 is 1.12 bits per heavy atom. The molecule has 3 aliphatic carbocycles. The van der Waals surface area contributed by atoms with Crippen molar-refractivity contribution in [2.75, 3.05) is 4.90 Å². The Balaban J connectivity index is 1.01. The average molecular weight is 738 g/mol. The molecule has 2 unspecified atom stereocenters. The van der Waals surface area contributed by atoms with Crippen molar-refractivity contribution in [1.29, 1.82) is 0 Å². The Kier molecular flexibility index (Phi) is 7.31. The molecule has 11 rings (SSSR count). The van der Waals surface area contributed by atoms with Crippen LogP contribution >= 0.6 is 11.3 Å². The molecule has 270 valence electrons. The van der Waals surface area contributed by atoms with E-state index in [0.29, 0.717) is 11.8 Å². The molecule has 0 bridgehead atoms. The number of allylic oxidation sites excluding steroid dienone is 4. The van der Waals surface area contributed by atoms with Gasteiger partial charge in [0.2, 0.25) is 0 Å². The Morgan fingerprint density at radius 1 is 0.500 bits per heavy atom. The molecule has 56 heavy (non-hydrogen) atoms. The number of hydrogen-bond donors (Lipinski definition) is 0. The monoisotopic (exact) mass is 737 g/mol. The highest BCUT2D eigenvalue weighted by Crippen LogP contribution is 2.55. The first kappa shape index (κ1) is 33.4. The van der Waals surface area contributed by atoms with Crippen molar-refractivity contribution in [2.45, 2.75) is 44.4 Å². The lowest BCUT2D eigenvalue weighted by atomic mass is 9.74. The van der Waals surface area contributed by atoms with E-state index in [-0.39, 0.29) is 10.8 Å². The summed E-state index contributed by atoms with van der Waals surface area (Å²) in [5.74, 6) is 0.934. The predicted molar refractivity (Wildman–Crippen MR) is 240 cm³/mol. The maximum absolute atomic E-state index is 2.47. The second kappa shape index (κ2) is 12.3. The van der Waals surface area contributed by atoms with E-state index < -0.39 is 0 Å². The number of benzene rings is 7. The van der Waals surface area contributed by atoms with Gasteiger partial charge in [-0.05, 0) is 104 Å². The molecule has 0 aliphatic heterocycles. The van der Waals surface area contributed by atoms with Crippen LogP contribution in [-0.4, -0.2) is 0 Å². The Hall–Kier alpha value is -5.96. The summed E-state index contributed by atoms with van der Waals surface area (Å²) >= 11 is 1.87. The van der Waals surface area contributed by atoms with Gasteiger partial charge in [0.1, 0.15) is 0 Å². The van der Waals surface area contributed by atoms with Crippen LogP contribution in [0.15, 0.2) is 176 Å². The summed E-state index contributed by atoms with van der Waals surface area (Å²) in [6, 6.07) is 57.1. The van der Waals surface area contributed by atoms with Crippen molar-refractivity contribution in [3.05, 3.63) is 198 Å². The van der Waals surface area contributed by atoms with Crippen LogP contribution in [0.1, 0.15) is 55.9 Å². The molecule has 0 N–H and O–H groups in total. The van der Waals surface area contributed by atoms with Crippen LogP contribution in [0.25, 0.3) is 53.6 Å². The molecule has 2 atom stereocenters. The summed E-state index contributed by atoms with van der Waals surface area (Å²) in [6.45, 7) is 9.53. The molecule has 0 radical (unpaired) electrons. The molecule has 1 aromatic heterocycles. The van der Waals surface area contributed by atoms with Crippen LogP contribution < -0.4 is 4.90 Å². The maximum atomic E-state index is 2.47. The summed E-state index contributed by atoms with van der Waals surface area (Å²) in [7, 11) is 0. The van der Waals surface area contributed by atoms with Gasteiger partial charge in [0.25, 0.3) is 0 Å². The Morgan fingerprint density at radius 3 is 1.91 bits per heavy atom. The Labute approximate surface area is 333 Å². The molecule has 3 aliphatic rings. The highest BCUT2D eigenvalue weighted by molar-refractivity contribution is 7.25. The number of anilines is 3. The second-order valence-corrected chi connectivity index (χ2v) is 18.0. The summed E-state index contributed by atoms with van der Waals surface area (Å²) in [4.78, 5) is 2.47. The van der Waals surface area contributed by atoms with Crippen LogP contribution in [0.3, 0.4) is 0 Å². The number of thiophene rings is 1. The zero-order chi connectivity index (χ0) is 37.8. The molecular weight excluding hydrogens is 695 g/mol. The largest absolute Gasteiger partial charge is 0.310 e. The lowest BCUT2D eigenvalue weighted by Crippen LogP contribution is -2.24. The Bertz CT molecular complexity index is 2920. The zero-order valence-corrected chi connectivity index (χ0v) is 33.1. The lowest BCUT2D eigenvalue weighted by molar-refractivity contribution is 0.394. The molecule has 0 saturated carbocycles. The number of fused-ring (bicyclic) bond motifs is 9. The van der Waals surface area contributed by atoms with E-state index in [0.717, 1.165) is 11.4 Å². The summed E-state index contributed by atoms with van der Waals surface area (Å²) < 4.78 is 2.67. The highest BCUT2D eigenvalue weighted by Gasteiger charge is 2.44. The molecule has 0 amide bonds. The molecule has 8 aromatic rings. The van der Waals surface area contributed by atoms with Crippen molar-refractivity contribution in [3.63, 3.8) is 0 Å². The van der Waals surface area contributed by atoms with Gasteiger partial charge in [-0.15, -0.1) is 11.3 Å². The van der Waals surface area contributed by atoms with Crippen molar-refractivity contribution in [1.82, 2.24) is 0 Å². The smallest absolute Gasteiger partial charge is 0.0543 e. The van der Waals surface area contributed by atoms with Gasteiger partial charge >= 0.3 is 0 Å². The molecule has 0 spiro atoms. The van der Waals surface area contributed by atoms with Gasteiger partial charge < -0.3 is 4.90 Å². The minimum atomic E-state index is -0.0863. The van der Waals surface area contributed by atoms with Gasteiger partial charge in [-0.1, -0.05) is 161 Å². The third-order valence-corrected chi connectivity index (χ3v) is 14.3. The SMILES string of the molecule is CC1(C)c2ccccc2-c2c(N(c3ccc(-c4ccc5c(c4)C4C=CC=CC4C5(C)C)cc3)c3ccc(-c4ccc5c(c4)sc4ccccc45)cc3)cccc21. The minimum absolute atomic E-state index is 0.0863. The van der Waals surface area contributed by atoms with Gasteiger partial charge in [0.05, 0.1) is 5.69 Å². The minimum Gasteiger partial charge on any atom is -0.310 e. The second-order valence-electron chi connectivity index (χ2n) is 17.0. The zero-order valence-electron chi connectivity index (χ0n) is 32.3. The van der Waals surface area contributed by atoms with Gasteiger partial charge in [0, 0.05) is 48.4 Å². The van der Waals surface area contributed by atoms with Gasteiger partial charge in [-0.2, -0.15) is 0 Å². The fourth-order valence-electron chi connectivity index (χ4n) is 10.2. The van der Waals surface area contributed by atoms with Gasteiger partial charge in [-0.25, -0.2) is 0 Å². The summed E-state index contributed by atoms with van der Waals surface area (Å²) in [5, 5.41) is 2.67. The van der Waals surface area contributed by atoms with Crippen molar-refractivity contribution < 1.29 is 0 Å². The van der Waals surface area contributed by atoms with Crippen molar-refractivity contribution >= 4 is 48.6 Å². The third kappa shape index (κ3) is 4.92. The maximum Gasteiger partial charge on any atom is 0.0543 e. The van der Waals surface area contributed by atoms with Crippen LogP contribution in [0, 0.1) is 5.92 Å². The van der Waals surface area contributed by atoms with E-state index in [1.165, 1.54) is 81.5 Å². The fourth-order valence-corrected chi connectivity index (χ4v) is 11.4. The van der Waals surface area contributed by atoms with E-state index in [4.69, 9.17) is 0 Å². The van der Waals surface area contributed by atoms with Crippen LogP contribution in [0.4, 0.5) is 17.1 Å². The average Bonchev–Trinajstić information content (AvgIpc) is 3.81. The molecule has 7 aromatic carbocycles. The molecule has 0 fully saturated rings. The fraction of sp³-hybridized carbons (Fsp3) is 0.148. The van der Waals surface area contributed by atoms with E-state index >= 15 is 0 Å². The van der Waals surface area contributed by atoms with Crippen LogP contribution in [-0.2, 0) is 10.8 Å². The molecule has 0 saturated heterocycles. The highest BCUT2D eigenvalue weighted by atomic mass is 32.1. The first-order valence-corrected chi connectivity index (χ1v) is 20.7. The third-order valence-electron chi connectivity index (χ3n) is 13.2. The standard InChI is InChI=1S/C54H43NS/c1-53(2)45-15-8-5-12-40(45)44-32-36(25-31-47(44)53)34-20-26-38(27-21-34)55(49-18-11-17-48-52(49)43-14-6-9-16-46(43)54(48,3)4)39-28-22-35(23-29-39)37-24-30-42-41-13-7-10-19-50(41)56-51(42)33-37/h5-33,40,45H,1-4H3. The number of hydrogen-bond acceptors (Lipinski definition) is 2. The molecule has 1 nitrogen and oxygen atoms in total. The van der Waals surface area contributed by atoms with Gasteiger partial charge in [-0.3, -0.25) is 0 Å². The van der Waals surface area contributed by atoms with Crippen LogP contribution in [0.2, 0.25) is 0 Å². The van der Waals surface area contributed by atoms with Crippen LogP contribution in [0.5, 0.6) is 0 Å². The summed E-state index contributed by atoms with van der Waals surface area (Å²) in [5.41, 5.74) is 16.8. The van der Waals surface area contributed by atoms with E-state index in [1.54, 1.807) is 0 Å². The number of nitrogens with zero attached hydrogens (tertiary/aromatic N) is 1. The van der Waals surface area contributed by atoms with Crippen molar-refractivity contribution in [3.8, 4) is 33.4 Å². The number of rotatable bonds is 5. The lowest BCUT2D eigenvalue weighted by Gasteiger charge is -2.29. The summed E-state index contributed by atoms with van der Waals surface area (Å²) in [6.07, 6.45) is 9.25. The topological polar surface area (TPSA) is 3.24 Å². The first-order valence-electron chi connectivity index (χ1n) is 19.9. The van der Waals surface area contributed by atoms with Crippen molar-refractivity contribution in [2.24, 2.45) is 5.92 Å². The first-order chi connectivity index (χ1) is 27.3. The predicted octanol–water partition coefficient (Wildman–Crippen LogP) is 15.3. The van der Waals surface area contributed by atoms with E-state index in [1.807, 2.05) is 11.3 Å². The molecule has 2 heteroatoms. The molecular formula is C54H43NS. The van der Waals surface area contributed by atoms with Gasteiger partial charge in [0.15, 0.2) is 0 Å². The quantitative estimate of drug-likeness (QED) is 0.170. The normalized spacial score (nSPS) is 18.1.